The largest absolute Gasteiger partial charge is 0.448 e. The number of rotatable bonds is 3. The Balaban J connectivity index is 1.23. The summed E-state index contributed by atoms with van der Waals surface area (Å²) in [7, 11) is 0. The fraction of sp³-hybridized carbons (Fsp3) is 0.348. The van der Waals surface area contributed by atoms with Crippen LogP contribution in [-0.4, -0.2) is 45.5 Å². The molecule has 154 valence electrons. The summed E-state index contributed by atoms with van der Waals surface area (Å²) < 4.78 is 7.25. The number of H-pyrrole nitrogens is 1. The Bertz CT molecular complexity index is 1100. The van der Waals surface area contributed by atoms with Gasteiger partial charge in [0.05, 0.1) is 6.04 Å². The lowest BCUT2D eigenvalue weighted by Crippen LogP contribution is -2.41. The number of nitrogens with one attached hydrogen (secondary N) is 1. The van der Waals surface area contributed by atoms with Crippen molar-refractivity contribution in [1.82, 2.24) is 19.7 Å². The van der Waals surface area contributed by atoms with Gasteiger partial charge in [-0.2, -0.15) is 5.10 Å². The zero-order chi connectivity index (χ0) is 20.7. The van der Waals surface area contributed by atoms with Crippen molar-refractivity contribution in [3.05, 3.63) is 76.0 Å². The van der Waals surface area contributed by atoms with E-state index in [4.69, 9.17) is 4.74 Å². The number of hydrogen-bond acceptors (Lipinski definition) is 4. The number of ether oxygens (including phenoxy) is 1. The van der Waals surface area contributed by atoms with Crippen LogP contribution in [0.3, 0.4) is 0 Å². The van der Waals surface area contributed by atoms with Crippen LogP contribution in [0.25, 0.3) is 11.1 Å². The van der Waals surface area contributed by atoms with Gasteiger partial charge in [-0.25, -0.2) is 14.3 Å². The van der Waals surface area contributed by atoms with E-state index < -0.39 is 0 Å². The molecule has 0 radical (unpaired) electrons. The van der Waals surface area contributed by atoms with Crippen molar-refractivity contribution in [2.24, 2.45) is 0 Å². The summed E-state index contributed by atoms with van der Waals surface area (Å²) in [5, 5.41) is 4.25. The van der Waals surface area contributed by atoms with Crippen LogP contribution < -0.4 is 5.69 Å². The predicted octanol–water partition coefficient (Wildman–Crippen LogP) is 3.47. The highest BCUT2D eigenvalue weighted by atomic mass is 16.6. The van der Waals surface area contributed by atoms with E-state index in [1.807, 2.05) is 24.3 Å². The van der Waals surface area contributed by atoms with Crippen molar-refractivity contribution in [3.8, 4) is 11.1 Å². The van der Waals surface area contributed by atoms with Gasteiger partial charge in [0, 0.05) is 19.0 Å². The first-order valence-corrected chi connectivity index (χ1v) is 10.4. The van der Waals surface area contributed by atoms with Crippen LogP contribution in [0.4, 0.5) is 4.79 Å². The number of piperidine rings is 1. The molecule has 1 saturated heterocycles. The van der Waals surface area contributed by atoms with Crippen LogP contribution >= 0.6 is 0 Å². The van der Waals surface area contributed by atoms with Crippen molar-refractivity contribution < 1.29 is 9.53 Å². The number of amides is 1. The molecule has 0 atom stereocenters. The molecular weight excluding hydrogens is 380 g/mol. The van der Waals surface area contributed by atoms with Crippen LogP contribution in [0.15, 0.2) is 53.3 Å². The molecule has 0 unspecified atom stereocenters. The first kappa shape index (κ1) is 18.7. The normalized spacial score (nSPS) is 16.4. The molecular formula is C23H24N4O3. The van der Waals surface area contributed by atoms with Crippen LogP contribution in [-0.2, 0) is 4.74 Å². The number of aromatic amines is 1. The molecule has 2 heterocycles. The van der Waals surface area contributed by atoms with Gasteiger partial charge in [-0.3, -0.25) is 4.98 Å². The Hall–Kier alpha value is -3.35. The third kappa shape index (κ3) is 3.20. The molecule has 2 aliphatic rings. The summed E-state index contributed by atoms with van der Waals surface area (Å²) in [6, 6.07) is 16.6. The molecule has 0 saturated carbocycles. The van der Waals surface area contributed by atoms with E-state index in [1.165, 1.54) is 26.9 Å². The maximum Gasteiger partial charge on any atom is 0.409 e. The van der Waals surface area contributed by atoms with Crippen molar-refractivity contribution >= 4 is 6.09 Å². The molecule has 1 amide bonds. The summed E-state index contributed by atoms with van der Waals surface area (Å²) in [4.78, 5) is 29.1. The second-order valence-corrected chi connectivity index (χ2v) is 7.98. The molecule has 30 heavy (non-hydrogen) atoms. The van der Waals surface area contributed by atoms with Crippen molar-refractivity contribution in [2.45, 2.75) is 31.7 Å². The lowest BCUT2D eigenvalue weighted by Gasteiger charge is -2.31. The third-order valence-electron chi connectivity index (χ3n) is 6.16. The number of hydrogen-bond donors (Lipinski definition) is 1. The number of likely N-dealkylation sites (tertiary alicyclic amines) is 1. The first-order chi connectivity index (χ1) is 14.6. The van der Waals surface area contributed by atoms with Crippen molar-refractivity contribution in [1.29, 1.82) is 0 Å². The molecule has 7 heteroatoms. The molecule has 0 bridgehead atoms. The summed E-state index contributed by atoms with van der Waals surface area (Å²) in [6.45, 7) is 3.20. The van der Waals surface area contributed by atoms with E-state index in [9.17, 15) is 9.59 Å². The van der Waals surface area contributed by atoms with E-state index in [1.54, 1.807) is 11.8 Å². The number of fused-ring (bicyclic) bond motifs is 3. The Morgan fingerprint density at radius 1 is 1.07 bits per heavy atom. The van der Waals surface area contributed by atoms with Crippen LogP contribution in [0.2, 0.25) is 0 Å². The smallest absolute Gasteiger partial charge is 0.409 e. The second kappa shape index (κ2) is 7.48. The zero-order valence-corrected chi connectivity index (χ0v) is 16.9. The monoisotopic (exact) mass is 404 g/mol. The quantitative estimate of drug-likeness (QED) is 0.725. The number of carbonyl (C=O) groups is 1. The van der Waals surface area contributed by atoms with E-state index in [0.29, 0.717) is 38.4 Å². The van der Waals surface area contributed by atoms with Gasteiger partial charge in [0.25, 0.3) is 0 Å². The average Bonchev–Trinajstić information content (AvgIpc) is 3.28. The highest BCUT2D eigenvalue weighted by Gasteiger charge is 2.31. The minimum absolute atomic E-state index is 0.0140. The van der Waals surface area contributed by atoms with Gasteiger partial charge < -0.3 is 9.64 Å². The lowest BCUT2D eigenvalue weighted by atomic mass is 9.98. The first-order valence-electron chi connectivity index (χ1n) is 10.4. The van der Waals surface area contributed by atoms with Crippen LogP contribution in [0.5, 0.6) is 0 Å². The minimum Gasteiger partial charge on any atom is -0.448 e. The molecule has 3 aromatic rings. The number of benzene rings is 2. The zero-order valence-electron chi connectivity index (χ0n) is 16.9. The van der Waals surface area contributed by atoms with E-state index in [2.05, 4.69) is 34.3 Å². The molecule has 7 nitrogen and oxygen atoms in total. The maximum absolute atomic E-state index is 12.7. The molecule has 1 aliphatic carbocycles. The fourth-order valence-electron chi connectivity index (χ4n) is 4.67. The van der Waals surface area contributed by atoms with Crippen molar-refractivity contribution in [3.63, 3.8) is 0 Å². The van der Waals surface area contributed by atoms with Gasteiger partial charge in [0.1, 0.15) is 12.4 Å². The number of nitrogens with zero attached hydrogens (tertiary/aromatic N) is 3. The third-order valence-corrected chi connectivity index (χ3v) is 6.16. The standard InChI is InChI=1S/C23H24N4O3/c1-15-24-22(28)27(25-15)16-10-12-26(13-11-16)23(29)30-14-21-19-8-4-2-6-17(19)18-7-3-5-9-20(18)21/h2-9,16,21H,10-14H2,1H3,(H,24,25,28). The highest BCUT2D eigenvalue weighted by Crippen LogP contribution is 2.44. The Morgan fingerprint density at radius 2 is 1.67 bits per heavy atom. The average molecular weight is 404 g/mol. The maximum atomic E-state index is 12.7. The minimum atomic E-state index is -0.291. The molecule has 2 aromatic carbocycles. The Kier molecular flexibility index (Phi) is 4.65. The van der Waals surface area contributed by atoms with Gasteiger partial charge in [-0.05, 0) is 42.0 Å². The molecule has 1 fully saturated rings. The molecule has 1 aliphatic heterocycles. The summed E-state index contributed by atoms with van der Waals surface area (Å²) in [5.41, 5.74) is 4.66. The lowest BCUT2D eigenvalue weighted by molar-refractivity contribution is 0.0850. The van der Waals surface area contributed by atoms with Crippen LogP contribution in [0.1, 0.15) is 41.8 Å². The molecule has 0 spiro atoms. The highest BCUT2D eigenvalue weighted by molar-refractivity contribution is 5.79. The second-order valence-electron chi connectivity index (χ2n) is 7.98. The fourth-order valence-corrected chi connectivity index (χ4v) is 4.67. The topological polar surface area (TPSA) is 80.2 Å². The van der Waals surface area contributed by atoms with Crippen molar-refractivity contribution in [2.75, 3.05) is 19.7 Å². The van der Waals surface area contributed by atoms with Gasteiger partial charge >= 0.3 is 11.8 Å². The molecule has 1 aromatic heterocycles. The SMILES string of the molecule is Cc1nn(C2CCN(C(=O)OCC3c4ccccc4-c4ccccc43)CC2)c(=O)[nH]1. The summed E-state index contributed by atoms with van der Waals surface area (Å²) in [5.74, 6) is 0.670. The number of aryl methyl sites for hydroxylation is 1. The van der Waals surface area contributed by atoms with E-state index >= 15 is 0 Å². The number of carbonyl (C=O) groups excluding carboxylic acids is 1. The summed E-state index contributed by atoms with van der Waals surface area (Å²) in [6.07, 6.45) is 1.09. The number of aromatic nitrogens is 3. The Morgan fingerprint density at radius 3 is 2.23 bits per heavy atom. The summed E-state index contributed by atoms with van der Waals surface area (Å²) >= 11 is 0. The van der Waals surface area contributed by atoms with Gasteiger partial charge in [-0.1, -0.05) is 48.5 Å². The Labute approximate surface area is 174 Å². The van der Waals surface area contributed by atoms with Gasteiger partial charge in [0.2, 0.25) is 0 Å². The molecule has 1 N–H and O–H groups in total. The van der Waals surface area contributed by atoms with E-state index in [-0.39, 0.29) is 23.7 Å². The van der Waals surface area contributed by atoms with Gasteiger partial charge in [-0.15, -0.1) is 0 Å². The predicted molar refractivity (Wildman–Crippen MR) is 112 cm³/mol. The van der Waals surface area contributed by atoms with Gasteiger partial charge in [0.15, 0.2) is 0 Å². The van der Waals surface area contributed by atoms with Crippen LogP contribution in [0, 0.1) is 6.92 Å². The van der Waals surface area contributed by atoms with E-state index in [0.717, 1.165) is 0 Å². The molecule has 5 rings (SSSR count).